The van der Waals surface area contributed by atoms with E-state index < -0.39 is 0 Å². The summed E-state index contributed by atoms with van der Waals surface area (Å²) in [4.78, 5) is 13.0. The van der Waals surface area contributed by atoms with Crippen LogP contribution in [0.1, 0.15) is 39.4 Å². The first-order chi connectivity index (χ1) is 12.2. The maximum atomic E-state index is 13.0. The number of hydrogen-bond acceptors (Lipinski definition) is 2. The molecule has 1 aliphatic carbocycles. The lowest BCUT2D eigenvalue weighted by molar-refractivity contribution is 0.0959. The van der Waals surface area contributed by atoms with Crippen molar-refractivity contribution in [1.82, 2.24) is 0 Å². The van der Waals surface area contributed by atoms with Crippen LogP contribution < -0.4 is 0 Å². The third kappa shape index (κ3) is 2.87. The van der Waals surface area contributed by atoms with Crippen LogP contribution in [0.2, 0.25) is 0 Å². The highest BCUT2D eigenvalue weighted by molar-refractivity contribution is 6.03. The Hall–Kier alpha value is -3.13. The molecule has 0 fully saturated rings. The van der Waals surface area contributed by atoms with E-state index in [1.54, 1.807) is 12.1 Å². The highest BCUT2D eigenvalue weighted by Gasteiger charge is 2.28. The molecular formula is C23H18O2. The van der Waals surface area contributed by atoms with Crippen molar-refractivity contribution in [3.8, 4) is 5.75 Å². The van der Waals surface area contributed by atoms with Gasteiger partial charge in [0.1, 0.15) is 5.75 Å². The zero-order valence-corrected chi connectivity index (χ0v) is 13.7. The van der Waals surface area contributed by atoms with Gasteiger partial charge in [0, 0.05) is 5.56 Å². The van der Waals surface area contributed by atoms with Gasteiger partial charge in [0.25, 0.3) is 0 Å². The number of hydrogen-bond donors (Lipinski definition) is 1. The highest BCUT2D eigenvalue weighted by Crippen LogP contribution is 2.40. The molecule has 4 rings (SSSR count). The van der Waals surface area contributed by atoms with Crippen molar-refractivity contribution in [1.29, 1.82) is 0 Å². The van der Waals surface area contributed by atoms with Gasteiger partial charge in [0.2, 0.25) is 0 Å². The number of allylic oxidation sites excluding steroid dienone is 1. The molecule has 3 aromatic rings. The molecule has 0 amide bonds. The Labute approximate surface area is 147 Å². The van der Waals surface area contributed by atoms with E-state index in [1.165, 1.54) is 0 Å². The molecule has 3 aromatic carbocycles. The van der Waals surface area contributed by atoms with Gasteiger partial charge in [-0.1, -0.05) is 72.8 Å². The second kappa shape index (κ2) is 6.40. The van der Waals surface area contributed by atoms with Crippen LogP contribution in [-0.2, 0) is 0 Å². The van der Waals surface area contributed by atoms with Crippen molar-refractivity contribution >= 4 is 11.4 Å². The average molecular weight is 326 g/mol. The molecule has 2 nitrogen and oxygen atoms in total. The molecule has 0 aromatic heterocycles. The Morgan fingerprint density at radius 3 is 2.28 bits per heavy atom. The third-order valence-electron chi connectivity index (χ3n) is 4.72. The van der Waals surface area contributed by atoms with Crippen molar-refractivity contribution in [3.63, 3.8) is 0 Å². The lowest BCUT2D eigenvalue weighted by atomic mass is 9.77. The number of phenolic OH excluding ortho intramolecular Hbond substituents is 1. The number of Topliss-reactive ketones (excluding diaryl/α,β-unsaturated/α-hetero) is 1. The smallest absolute Gasteiger partial charge is 0.170 e. The average Bonchev–Trinajstić information content (AvgIpc) is 2.68. The van der Waals surface area contributed by atoms with Crippen molar-refractivity contribution < 1.29 is 9.90 Å². The van der Waals surface area contributed by atoms with Crippen LogP contribution in [0.4, 0.5) is 0 Å². The van der Waals surface area contributed by atoms with Crippen molar-refractivity contribution in [2.45, 2.75) is 12.3 Å². The maximum absolute atomic E-state index is 13.0. The van der Waals surface area contributed by atoms with Gasteiger partial charge in [-0.25, -0.2) is 0 Å². The van der Waals surface area contributed by atoms with Crippen molar-refractivity contribution in [2.24, 2.45) is 0 Å². The molecule has 0 radical (unpaired) electrons. The summed E-state index contributed by atoms with van der Waals surface area (Å²) >= 11 is 0. The van der Waals surface area contributed by atoms with Gasteiger partial charge in [0.15, 0.2) is 5.78 Å². The zero-order valence-electron chi connectivity index (χ0n) is 13.7. The first-order valence-electron chi connectivity index (χ1n) is 8.42. The minimum Gasteiger partial charge on any atom is -0.508 e. The number of aromatic hydroxyl groups is 1. The molecule has 1 atom stereocenters. The van der Waals surface area contributed by atoms with Crippen LogP contribution in [0.5, 0.6) is 5.75 Å². The second-order valence-corrected chi connectivity index (χ2v) is 6.27. The lowest BCUT2D eigenvalue weighted by Gasteiger charge is -2.25. The van der Waals surface area contributed by atoms with Crippen molar-refractivity contribution in [2.75, 3.05) is 0 Å². The molecule has 1 N–H and O–H groups in total. The zero-order chi connectivity index (χ0) is 17.2. The first-order valence-corrected chi connectivity index (χ1v) is 8.42. The number of carbonyl (C=O) groups excluding carboxylic acids is 1. The Morgan fingerprint density at radius 2 is 1.56 bits per heavy atom. The summed E-state index contributed by atoms with van der Waals surface area (Å²) in [6.07, 6.45) is 2.78. The predicted molar refractivity (Wildman–Crippen MR) is 99.8 cm³/mol. The SMILES string of the molecule is O=C(c1ccccc1)C1CC=C(c2ccccc2)c2cc(O)ccc21. The van der Waals surface area contributed by atoms with E-state index in [0.29, 0.717) is 6.42 Å². The van der Waals surface area contributed by atoms with Gasteiger partial charge >= 0.3 is 0 Å². The summed E-state index contributed by atoms with van der Waals surface area (Å²) in [6.45, 7) is 0. The number of rotatable bonds is 3. The molecule has 0 saturated heterocycles. The van der Waals surface area contributed by atoms with Gasteiger partial charge in [-0.15, -0.1) is 0 Å². The van der Waals surface area contributed by atoms with E-state index in [0.717, 1.165) is 27.8 Å². The Bertz CT molecular complexity index is 940. The molecule has 0 heterocycles. The highest BCUT2D eigenvalue weighted by atomic mass is 16.3. The van der Waals surface area contributed by atoms with E-state index in [9.17, 15) is 9.90 Å². The summed E-state index contributed by atoms with van der Waals surface area (Å²) in [7, 11) is 0. The van der Waals surface area contributed by atoms with Crippen LogP contribution in [0.25, 0.3) is 5.57 Å². The van der Waals surface area contributed by atoms with E-state index >= 15 is 0 Å². The molecule has 1 aliphatic rings. The molecule has 0 bridgehead atoms. The van der Waals surface area contributed by atoms with Crippen LogP contribution in [0, 0.1) is 0 Å². The predicted octanol–water partition coefficient (Wildman–Crippen LogP) is 5.19. The van der Waals surface area contributed by atoms with Gasteiger partial charge in [-0.2, -0.15) is 0 Å². The third-order valence-corrected chi connectivity index (χ3v) is 4.72. The van der Waals surface area contributed by atoms with Crippen molar-refractivity contribution in [3.05, 3.63) is 107 Å². The lowest BCUT2D eigenvalue weighted by Crippen LogP contribution is -2.17. The number of carbonyl (C=O) groups is 1. The fourth-order valence-electron chi connectivity index (χ4n) is 3.50. The largest absolute Gasteiger partial charge is 0.508 e. The fourth-order valence-corrected chi connectivity index (χ4v) is 3.50. The molecule has 1 unspecified atom stereocenters. The Kier molecular flexibility index (Phi) is 3.95. The summed E-state index contributed by atoms with van der Waals surface area (Å²) in [5.74, 6) is 0.120. The van der Waals surface area contributed by atoms with E-state index in [2.05, 4.69) is 18.2 Å². The Balaban J connectivity index is 1.80. The van der Waals surface area contributed by atoms with Crippen LogP contribution in [0.3, 0.4) is 0 Å². The van der Waals surface area contributed by atoms with Gasteiger partial charge in [-0.05, 0) is 40.8 Å². The fraction of sp³-hybridized carbons (Fsp3) is 0.0870. The molecular weight excluding hydrogens is 308 g/mol. The molecule has 25 heavy (non-hydrogen) atoms. The van der Waals surface area contributed by atoms with Crippen LogP contribution in [0.15, 0.2) is 84.9 Å². The number of phenols is 1. The number of benzene rings is 3. The molecule has 0 spiro atoms. The topological polar surface area (TPSA) is 37.3 Å². The van der Waals surface area contributed by atoms with E-state index in [4.69, 9.17) is 0 Å². The van der Waals surface area contributed by atoms with Gasteiger partial charge < -0.3 is 5.11 Å². The first kappa shape index (κ1) is 15.4. The molecule has 0 saturated carbocycles. The normalized spacial score (nSPS) is 16.0. The summed E-state index contributed by atoms with van der Waals surface area (Å²) in [5.41, 5.74) is 4.81. The van der Waals surface area contributed by atoms with E-state index in [1.807, 2.05) is 54.6 Å². The second-order valence-electron chi connectivity index (χ2n) is 6.27. The summed E-state index contributed by atoms with van der Waals surface area (Å²) in [5, 5.41) is 9.98. The quantitative estimate of drug-likeness (QED) is 0.672. The molecule has 0 aliphatic heterocycles. The monoisotopic (exact) mass is 326 g/mol. The molecule has 122 valence electrons. The summed E-state index contributed by atoms with van der Waals surface area (Å²) in [6, 6.07) is 24.8. The molecule has 2 heteroatoms. The summed E-state index contributed by atoms with van der Waals surface area (Å²) < 4.78 is 0. The maximum Gasteiger partial charge on any atom is 0.170 e. The minimum atomic E-state index is -0.217. The van der Waals surface area contributed by atoms with Crippen LogP contribution in [-0.4, -0.2) is 10.9 Å². The Morgan fingerprint density at radius 1 is 0.880 bits per heavy atom. The van der Waals surface area contributed by atoms with Crippen LogP contribution >= 0.6 is 0 Å². The number of fused-ring (bicyclic) bond motifs is 1. The number of ketones is 1. The minimum absolute atomic E-state index is 0.121. The van der Waals surface area contributed by atoms with Gasteiger partial charge in [-0.3, -0.25) is 4.79 Å². The van der Waals surface area contributed by atoms with E-state index in [-0.39, 0.29) is 17.5 Å². The van der Waals surface area contributed by atoms with Gasteiger partial charge in [0.05, 0.1) is 5.92 Å². The standard InChI is InChI=1S/C23H18O2/c24-18-11-12-20-21(23(25)17-9-5-2-6-10-17)14-13-19(22(20)15-18)16-7-3-1-4-8-16/h1-13,15,21,24H,14H2.